The molecule has 0 saturated carbocycles. The molecule has 0 aromatic heterocycles. The van der Waals surface area contributed by atoms with Crippen LogP contribution >= 0.6 is 23.2 Å². The van der Waals surface area contributed by atoms with Gasteiger partial charge in [0.25, 0.3) is 0 Å². The summed E-state index contributed by atoms with van der Waals surface area (Å²) in [6.45, 7) is 2.82. The quantitative estimate of drug-likeness (QED) is 0.571. The van der Waals surface area contributed by atoms with Gasteiger partial charge < -0.3 is 35.0 Å². The van der Waals surface area contributed by atoms with Crippen LogP contribution in [-0.2, 0) is 6.54 Å². The van der Waals surface area contributed by atoms with Gasteiger partial charge in [0.2, 0.25) is 0 Å². The molecule has 0 aliphatic rings. The molecule has 0 unspecified atom stereocenters. The van der Waals surface area contributed by atoms with Gasteiger partial charge in [-0.2, -0.15) is 0 Å². The Kier molecular flexibility index (Phi) is 11.8. The topological polar surface area (TPSA) is 15.3 Å². The predicted molar refractivity (Wildman–Crippen MR) is 66.7 cm³/mol. The first-order valence-corrected chi connectivity index (χ1v) is 5.64. The molecular formula is C11H16Cl4N2-2. The Bertz CT molecular complexity index is 318. The minimum Gasteiger partial charge on any atom is -1.00 e. The fourth-order valence-electron chi connectivity index (χ4n) is 1.18. The van der Waals surface area contributed by atoms with Crippen LogP contribution in [0.2, 0.25) is 10.0 Å². The van der Waals surface area contributed by atoms with Gasteiger partial charge in [-0.1, -0.05) is 29.3 Å². The van der Waals surface area contributed by atoms with E-state index >= 15 is 0 Å². The summed E-state index contributed by atoms with van der Waals surface area (Å²) in [6.07, 6.45) is 0. The van der Waals surface area contributed by atoms with Gasteiger partial charge in [-0.15, -0.1) is 0 Å². The Morgan fingerprint density at radius 3 is 2.29 bits per heavy atom. The summed E-state index contributed by atoms with van der Waals surface area (Å²) in [5.74, 6) is 0. The molecule has 6 heteroatoms. The molecule has 0 aliphatic heterocycles. The normalized spacial score (nSPS) is 9.71. The van der Waals surface area contributed by atoms with Crippen molar-refractivity contribution in [2.75, 3.05) is 27.2 Å². The van der Waals surface area contributed by atoms with Crippen molar-refractivity contribution in [3.05, 3.63) is 33.8 Å². The summed E-state index contributed by atoms with van der Waals surface area (Å²) in [5, 5.41) is 4.56. The van der Waals surface area contributed by atoms with Crippen molar-refractivity contribution in [1.82, 2.24) is 10.2 Å². The zero-order valence-corrected chi connectivity index (χ0v) is 12.8. The molecule has 0 bridgehead atoms. The van der Waals surface area contributed by atoms with Crippen LogP contribution in [0, 0.1) is 0 Å². The second-order valence-corrected chi connectivity index (χ2v) is 4.54. The highest BCUT2D eigenvalue weighted by Crippen LogP contribution is 2.22. The number of halogens is 4. The molecule has 1 aromatic rings. The number of hydrogen-bond acceptors (Lipinski definition) is 2. The van der Waals surface area contributed by atoms with Gasteiger partial charge in [-0.05, 0) is 31.8 Å². The third kappa shape index (κ3) is 8.09. The van der Waals surface area contributed by atoms with Crippen molar-refractivity contribution >= 4 is 23.2 Å². The minimum atomic E-state index is 0. The Labute approximate surface area is 125 Å². The molecule has 0 fully saturated rings. The highest BCUT2D eigenvalue weighted by Gasteiger charge is 1.99. The fraction of sp³-hybridized carbons (Fsp3) is 0.455. The molecule has 2 nitrogen and oxygen atoms in total. The average molecular weight is 318 g/mol. The van der Waals surface area contributed by atoms with Crippen LogP contribution in [0.4, 0.5) is 0 Å². The Hall–Kier alpha value is 0.300. The third-order valence-corrected chi connectivity index (χ3v) is 2.79. The van der Waals surface area contributed by atoms with E-state index < -0.39 is 0 Å². The lowest BCUT2D eigenvalue weighted by molar-refractivity contribution is -0.001000. The summed E-state index contributed by atoms with van der Waals surface area (Å²) in [6, 6.07) is 5.70. The number of likely N-dealkylation sites (N-methyl/N-ethyl adjacent to an activating group) is 1. The van der Waals surface area contributed by atoms with Crippen LogP contribution in [0.3, 0.4) is 0 Å². The summed E-state index contributed by atoms with van der Waals surface area (Å²) < 4.78 is 0. The zero-order valence-electron chi connectivity index (χ0n) is 9.81. The zero-order chi connectivity index (χ0) is 11.3. The Balaban J connectivity index is 0. The van der Waals surface area contributed by atoms with E-state index in [1.807, 2.05) is 18.2 Å². The van der Waals surface area contributed by atoms with E-state index in [-0.39, 0.29) is 24.8 Å². The molecule has 0 saturated heterocycles. The number of rotatable bonds is 5. The third-order valence-electron chi connectivity index (χ3n) is 2.05. The van der Waals surface area contributed by atoms with Crippen molar-refractivity contribution in [2.24, 2.45) is 0 Å². The van der Waals surface area contributed by atoms with Gasteiger partial charge >= 0.3 is 0 Å². The van der Waals surface area contributed by atoms with E-state index in [2.05, 4.69) is 24.3 Å². The smallest absolute Gasteiger partial charge is 0.0595 e. The van der Waals surface area contributed by atoms with Gasteiger partial charge in [0.05, 0.1) is 10.0 Å². The van der Waals surface area contributed by atoms with E-state index in [1.54, 1.807) is 0 Å². The van der Waals surface area contributed by atoms with Crippen molar-refractivity contribution in [1.29, 1.82) is 0 Å². The predicted octanol–water partition coefficient (Wildman–Crippen LogP) is -3.35. The molecule has 100 valence electrons. The van der Waals surface area contributed by atoms with Gasteiger partial charge in [-0.25, -0.2) is 0 Å². The SMILES string of the molecule is CN(C)CCNCc1ccc(Cl)c(Cl)c1.[Cl-].[Cl-]. The molecule has 0 amide bonds. The number of nitrogens with zero attached hydrogens (tertiary/aromatic N) is 1. The van der Waals surface area contributed by atoms with Crippen LogP contribution in [0.25, 0.3) is 0 Å². The molecule has 0 aliphatic carbocycles. The fourth-order valence-corrected chi connectivity index (χ4v) is 1.51. The van der Waals surface area contributed by atoms with E-state index in [4.69, 9.17) is 23.2 Å². The van der Waals surface area contributed by atoms with E-state index in [1.165, 1.54) is 0 Å². The highest BCUT2D eigenvalue weighted by molar-refractivity contribution is 6.42. The van der Waals surface area contributed by atoms with Gasteiger partial charge in [0.1, 0.15) is 0 Å². The number of benzene rings is 1. The average Bonchev–Trinajstić information content (AvgIpc) is 2.18. The maximum absolute atomic E-state index is 5.91. The second kappa shape index (κ2) is 10.2. The van der Waals surface area contributed by atoms with Crippen molar-refractivity contribution in [3.63, 3.8) is 0 Å². The maximum Gasteiger partial charge on any atom is 0.0595 e. The van der Waals surface area contributed by atoms with Crippen LogP contribution in [0.5, 0.6) is 0 Å². The van der Waals surface area contributed by atoms with Crippen LogP contribution in [-0.4, -0.2) is 32.1 Å². The first kappa shape index (κ1) is 19.6. The lowest BCUT2D eigenvalue weighted by Gasteiger charge is -2.10. The summed E-state index contributed by atoms with van der Waals surface area (Å²) >= 11 is 11.7. The number of nitrogens with one attached hydrogen (secondary N) is 1. The van der Waals surface area contributed by atoms with Crippen molar-refractivity contribution < 1.29 is 24.8 Å². The van der Waals surface area contributed by atoms with Crippen LogP contribution in [0.15, 0.2) is 18.2 Å². The highest BCUT2D eigenvalue weighted by atomic mass is 35.5. The molecule has 17 heavy (non-hydrogen) atoms. The molecule has 0 atom stereocenters. The van der Waals surface area contributed by atoms with E-state index in [9.17, 15) is 0 Å². The second-order valence-electron chi connectivity index (χ2n) is 3.73. The minimum absolute atomic E-state index is 0. The van der Waals surface area contributed by atoms with Crippen molar-refractivity contribution in [3.8, 4) is 0 Å². The van der Waals surface area contributed by atoms with Gasteiger partial charge in [0, 0.05) is 19.6 Å². The molecule has 0 heterocycles. The summed E-state index contributed by atoms with van der Waals surface area (Å²) in [5.41, 5.74) is 1.16. The lowest BCUT2D eigenvalue weighted by atomic mass is 10.2. The molecule has 1 aromatic carbocycles. The molecule has 1 rings (SSSR count). The van der Waals surface area contributed by atoms with Crippen molar-refractivity contribution in [2.45, 2.75) is 6.54 Å². The van der Waals surface area contributed by atoms with Gasteiger partial charge in [-0.3, -0.25) is 0 Å². The summed E-state index contributed by atoms with van der Waals surface area (Å²) in [7, 11) is 4.11. The lowest BCUT2D eigenvalue weighted by Crippen LogP contribution is -3.00. The first-order valence-electron chi connectivity index (χ1n) is 4.89. The first-order chi connectivity index (χ1) is 7.09. The molecule has 0 spiro atoms. The Morgan fingerprint density at radius 2 is 1.76 bits per heavy atom. The standard InChI is InChI=1S/C11H16Cl2N2.2ClH/c1-15(2)6-5-14-8-9-3-4-10(12)11(13)7-9;;/h3-4,7,14H,5-6,8H2,1-2H3;2*1H/p-2. The van der Waals surface area contributed by atoms with E-state index in [0.717, 1.165) is 25.2 Å². The number of hydrogen-bond donors (Lipinski definition) is 1. The summed E-state index contributed by atoms with van der Waals surface area (Å²) in [4.78, 5) is 2.14. The molecule has 0 radical (unpaired) electrons. The van der Waals surface area contributed by atoms with Gasteiger partial charge in [0.15, 0.2) is 0 Å². The Morgan fingerprint density at radius 1 is 1.12 bits per heavy atom. The largest absolute Gasteiger partial charge is 1.00 e. The monoisotopic (exact) mass is 316 g/mol. The van der Waals surface area contributed by atoms with E-state index in [0.29, 0.717) is 10.0 Å². The maximum atomic E-state index is 5.91. The molecular weight excluding hydrogens is 302 g/mol. The van der Waals surface area contributed by atoms with Crippen LogP contribution < -0.4 is 30.1 Å². The van der Waals surface area contributed by atoms with Crippen LogP contribution in [0.1, 0.15) is 5.56 Å². The molecule has 1 N–H and O–H groups in total.